The summed E-state index contributed by atoms with van der Waals surface area (Å²) in [6.07, 6.45) is 0. The maximum atomic E-state index is 11.1. The summed E-state index contributed by atoms with van der Waals surface area (Å²) in [4.78, 5) is 4.22. The molecule has 4 heterocycles. The zero-order chi connectivity index (χ0) is 38.2. The zero-order valence-corrected chi connectivity index (χ0v) is 32.2. The van der Waals surface area contributed by atoms with Gasteiger partial charge in [0.25, 0.3) is 0 Å². The van der Waals surface area contributed by atoms with Gasteiger partial charge in [-0.2, -0.15) is 5.26 Å². The molecule has 266 valence electrons. The molecule has 0 aliphatic carbocycles. The largest absolute Gasteiger partial charge is 0.319 e. The lowest BCUT2D eigenvalue weighted by Gasteiger charge is -2.16. The van der Waals surface area contributed by atoms with Gasteiger partial charge in [-0.3, -0.25) is 0 Å². The maximum Gasteiger partial charge on any atom is 0.212 e. The molecular formula is C52H26N4S2. The van der Waals surface area contributed by atoms with Crippen LogP contribution in [0.5, 0.6) is 0 Å². The first-order chi connectivity index (χ1) is 28.7. The second-order valence-corrected chi connectivity index (χ2v) is 17.1. The second kappa shape index (κ2) is 11.5. The SMILES string of the molecule is [C-]#[N+]c1cc(-n2c3ccccc3c3c4c(ccc32)sc2ccc3ccccc3c24)c(C#N)cc1-n1c2ccccc2c2c3c(ccc21)sc1ccc2ccccc2c13. The number of thiophene rings is 2. The van der Waals surface area contributed by atoms with Crippen LogP contribution in [-0.4, -0.2) is 9.13 Å². The van der Waals surface area contributed by atoms with E-state index in [4.69, 9.17) is 6.57 Å². The van der Waals surface area contributed by atoms with Gasteiger partial charge in [-0.25, -0.2) is 4.85 Å². The van der Waals surface area contributed by atoms with Crippen LogP contribution >= 0.6 is 22.7 Å². The Morgan fingerprint density at radius 2 is 0.879 bits per heavy atom. The van der Waals surface area contributed by atoms with Gasteiger partial charge in [0, 0.05) is 61.9 Å². The molecule has 4 aromatic heterocycles. The van der Waals surface area contributed by atoms with Crippen molar-refractivity contribution in [1.82, 2.24) is 9.13 Å². The van der Waals surface area contributed by atoms with Crippen LogP contribution in [0, 0.1) is 17.9 Å². The summed E-state index contributed by atoms with van der Waals surface area (Å²) >= 11 is 3.64. The molecule has 13 rings (SSSR count). The Morgan fingerprint density at radius 1 is 0.431 bits per heavy atom. The van der Waals surface area contributed by atoms with Crippen molar-refractivity contribution in [2.75, 3.05) is 0 Å². The van der Waals surface area contributed by atoms with Crippen molar-refractivity contribution in [3.63, 3.8) is 0 Å². The summed E-state index contributed by atoms with van der Waals surface area (Å²) in [5.41, 5.74) is 6.41. The quantitative estimate of drug-likeness (QED) is 0.161. The number of nitrogens with zero attached hydrogens (tertiary/aromatic N) is 4. The van der Waals surface area contributed by atoms with Gasteiger partial charge in [0.1, 0.15) is 6.07 Å². The molecule has 0 aliphatic heterocycles. The molecule has 0 atom stereocenters. The Hall–Kier alpha value is -7.48. The van der Waals surface area contributed by atoms with Gasteiger partial charge in [-0.15, -0.1) is 22.7 Å². The summed E-state index contributed by atoms with van der Waals surface area (Å²) in [6, 6.07) is 58.4. The van der Waals surface area contributed by atoms with Crippen LogP contribution in [0.1, 0.15) is 5.56 Å². The fourth-order valence-electron chi connectivity index (χ4n) is 9.80. The Kier molecular flexibility index (Phi) is 6.30. The molecule has 0 aliphatic rings. The normalized spacial score (nSPS) is 12.1. The van der Waals surface area contributed by atoms with Gasteiger partial charge in [-0.1, -0.05) is 97.1 Å². The molecule has 58 heavy (non-hydrogen) atoms. The van der Waals surface area contributed by atoms with Crippen LogP contribution in [0.15, 0.2) is 158 Å². The minimum atomic E-state index is 0.483. The number of benzene rings is 9. The highest BCUT2D eigenvalue weighted by Gasteiger charge is 2.24. The van der Waals surface area contributed by atoms with Crippen LogP contribution in [0.2, 0.25) is 0 Å². The maximum absolute atomic E-state index is 11.1. The van der Waals surface area contributed by atoms with E-state index in [9.17, 15) is 5.26 Å². The van der Waals surface area contributed by atoms with E-state index in [-0.39, 0.29) is 0 Å². The van der Waals surface area contributed by atoms with Crippen molar-refractivity contribution in [1.29, 1.82) is 5.26 Å². The molecular weight excluding hydrogens is 745 g/mol. The predicted molar refractivity (Wildman–Crippen MR) is 247 cm³/mol. The van der Waals surface area contributed by atoms with E-state index in [0.29, 0.717) is 22.6 Å². The lowest BCUT2D eigenvalue weighted by atomic mass is 10.0. The molecule has 0 unspecified atom stereocenters. The summed E-state index contributed by atoms with van der Waals surface area (Å²) in [5.74, 6) is 0. The molecule has 0 amide bonds. The molecule has 0 fully saturated rings. The third-order valence-corrected chi connectivity index (χ3v) is 14.4. The zero-order valence-electron chi connectivity index (χ0n) is 30.6. The van der Waals surface area contributed by atoms with Crippen LogP contribution in [0.3, 0.4) is 0 Å². The summed E-state index contributed by atoms with van der Waals surface area (Å²) in [7, 11) is 0. The molecule has 0 saturated carbocycles. The Morgan fingerprint density at radius 3 is 1.40 bits per heavy atom. The second-order valence-electron chi connectivity index (χ2n) is 15.0. The summed E-state index contributed by atoms with van der Waals surface area (Å²) in [5, 5.41) is 25.5. The highest BCUT2D eigenvalue weighted by Crippen LogP contribution is 2.49. The fourth-order valence-corrected chi connectivity index (χ4v) is 12.1. The third-order valence-electron chi connectivity index (χ3n) is 12.1. The van der Waals surface area contributed by atoms with Crippen molar-refractivity contribution in [3.8, 4) is 17.4 Å². The number of hydrogen-bond acceptors (Lipinski definition) is 3. The van der Waals surface area contributed by atoms with E-state index >= 15 is 0 Å². The highest BCUT2D eigenvalue weighted by atomic mass is 32.1. The van der Waals surface area contributed by atoms with E-state index in [2.05, 4.69) is 166 Å². The number of fused-ring (bicyclic) bond motifs is 18. The van der Waals surface area contributed by atoms with E-state index in [1.54, 1.807) is 0 Å². The first-order valence-corrected chi connectivity index (χ1v) is 20.8. The number of rotatable bonds is 2. The summed E-state index contributed by atoms with van der Waals surface area (Å²) in [6.45, 7) is 8.66. The minimum Gasteiger partial charge on any atom is -0.319 e. The molecule has 9 aromatic carbocycles. The number of para-hydroxylation sites is 2. The third kappa shape index (κ3) is 4.05. The standard InChI is InChI=1S/C52H26N4S2/c1-54-36-27-41(55-37-16-8-6-14-34(37)47-39(55)20-24-45-51(47)49-32-12-4-2-10-29(32)18-22-43(49)57-45)31(28-53)26-42(36)56-38-17-9-7-15-35(38)48-40(56)21-25-46-52(48)50-33-13-5-3-11-30(33)19-23-44(50)58-46/h2-27H. The van der Waals surface area contributed by atoms with Gasteiger partial charge in [-0.05, 0) is 82.2 Å². The Labute approximate surface area is 338 Å². The lowest BCUT2D eigenvalue weighted by Crippen LogP contribution is -2.01. The molecule has 13 aromatic rings. The van der Waals surface area contributed by atoms with Gasteiger partial charge in [0.05, 0.1) is 45.6 Å². The van der Waals surface area contributed by atoms with E-state index < -0.39 is 0 Å². The van der Waals surface area contributed by atoms with Gasteiger partial charge in [0.15, 0.2) is 0 Å². The molecule has 4 nitrogen and oxygen atoms in total. The van der Waals surface area contributed by atoms with Crippen molar-refractivity contribution in [3.05, 3.63) is 175 Å². The fraction of sp³-hybridized carbons (Fsp3) is 0. The van der Waals surface area contributed by atoms with E-state index in [1.165, 1.54) is 61.9 Å². The minimum absolute atomic E-state index is 0.483. The van der Waals surface area contributed by atoms with E-state index in [1.807, 2.05) is 34.8 Å². The Bertz CT molecular complexity index is 3800. The first kappa shape index (κ1) is 31.7. The van der Waals surface area contributed by atoms with Gasteiger partial charge in [0.2, 0.25) is 5.69 Å². The molecule has 0 bridgehead atoms. The van der Waals surface area contributed by atoms with Crippen molar-refractivity contribution >= 4 is 134 Å². The van der Waals surface area contributed by atoms with Crippen LogP contribution < -0.4 is 0 Å². The first-order valence-electron chi connectivity index (χ1n) is 19.2. The van der Waals surface area contributed by atoms with E-state index in [0.717, 1.165) is 43.6 Å². The van der Waals surface area contributed by atoms with Crippen LogP contribution in [0.4, 0.5) is 5.69 Å². The average Bonchev–Trinajstić information content (AvgIpc) is 4.03. The Balaban J connectivity index is 1.13. The molecule has 0 radical (unpaired) electrons. The van der Waals surface area contributed by atoms with Gasteiger partial charge < -0.3 is 9.13 Å². The molecule has 0 spiro atoms. The number of aromatic nitrogens is 2. The number of hydrogen-bond donors (Lipinski definition) is 0. The highest BCUT2D eigenvalue weighted by molar-refractivity contribution is 7.26. The smallest absolute Gasteiger partial charge is 0.212 e. The lowest BCUT2D eigenvalue weighted by molar-refractivity contribution is 1.14. The molecule has 0 N–H and O–H groups in total. The molecule has 6 heteroatoms. The van der Waals surface area contributed by atoms with Crippen LogP contribution in [-0.2, 0) is 0 Å². The van der Waals surface area contributed by atoms with Crippen molar-refractivity contribution < 1.29 is 0 Å². The summed E-state index contributed by atoms with van der Waals surface area (Å²) < 4.78 is 9.37. The monoisotopic (exact) mass is 770 g/mol. The molecule has 0 saturated heterocycles. The van der Waals surface area contributed by atoms with Crippen molar-refractivity contribution in [2.45, 2.75) is 0 Å². The predicted octanol–water partition coefficient (Wildman–Crippen LogP) is 15.3. The number of nitriles is 1. The van der Waals surface area contributed by atoms with Crippen LogP contribution in [0.25, 0.3) is 122 Å². The van der Waals surface area contributed by atoms with Gasteiger partial charge >= 0.3 is 0 Å². The average molecular weight is 771 g/mol. The van der Waals surface area contributed by atoms with Crippen molar-refractivity contribution in [2.24, 2.45) is 0 Å². The topological polar surface area (TPSA) is 38.0 Å².